The van der Waals surface area contributed by atoms with Crippen LogP contribution in [-0.2, 0) is 10.0 Å². The van der Waals surface area contributed by atoms with Crippen LogP contribution < -0.4 is 0 Å². The molecule has 156 valence electrons. The van der Waals surface area contributed by atoms with Gasteiger partial charge in [0, 0.05) is 42.1 Å². The van der Waals surface area contributed by atoms with Crippen molar-refractivity contribution >= 4 is 38.9 Å². The number of nitrogens with zero attached hydrogens (tertiary/aromatic N) is 3. The van der Waals surface area contributed by atoms with Gasteiger partial charge in [-0.15, -0.1) is 11.3 Å². The Labute approximate surface area is 182 Å². The quantitative estimate of drug-likeness (QED) is 0.588. The molecule has 1 amide bonds. The predicted octanol–water partition coefficient (Wildman–Crippen LogP) is 3.75. The Kier molecular flexibility index (Phi) is 5.88. The lowest BCUT2D eigenvalue weighted by Crippen LogP contribution is -2.50. The lowest BCUT2D eigenvalue weighted by Gasteiger charge is -2.33. The molecular weight excluding hydrogens is 449 g/mol. The van der Waals surface area contributed by atoms with Crippen molar-refractivity contribution in [3.8, 4) is 10.6 Å². The standard InChI is InChI=1S/C20H17ClFN3O3S2/c21-14-5-7-15(8-6-14)30(27,28)25-11-9-24(10-12-25)20(26)18-13-29-19(23-18)16-3-1-2-4-17(16)22/h1-8,13H,9-12H2. The monoisotopic (exact) mass is 465 g/mol. The van der Waals surface area contributed by atoms with Crippen molar-refractivity contribution in [2.45, 2.75) is 4.90 Å². The number of halogens is 2. The summed E-state index contributed by atoms with van der Waals surface area (Å²) in [6.45, 7) is 0.860. The largest absolute Gasteiger partial charge is 0.335 e. The summed E-state index contributed by atoms with van der Waals surface area (Å²) in [4.78, 5) is 18.8. The summed E-state index contributed by atoms with van der Waals surface area (Å²) >= 11 is 7.03. The van der Waals surface area contributed by atoms with E-state index in [1.165, 1.54) is 46.0 Å². The molecule has 1 fully saturated rings. The van der Waals surface area contributed by atoms with Gasteiger partial charge in [-0.1, -0.05) is 23.7 Å². The minimum absolute atomic E-state index is 0.167. The summed E-state index contributed by atoms with van der Waals surface area (Å²) in [6, 6.07) is 12.3. The van der Waals surface area contributed by atoms with Crippen molar-refractivity contribution < 1.29 is 17.6 Å². The Morgan fingerprint density at radius 2 is 1.70 bits per heavy atom. The molecule has 4 rings (SSSR count). The molecule has 2 heterocycles. The Bertz CT molecular complexity index is 1170. The minimum atomic E-state index is -3.65. The van der Waals surface area contributed by atoms with Crippen molar-refractivity contribution in [3.63, 3.8) is 0 Å². The lowest BCUT2D eigenvalue weighted by atomic mass is 10.2. The molecule has 0 spiro atoms. The van der Waals surface area contributed by atoms with E-state index in [9.17, 15) is 17.6 Å². The van der Waals surface area contributed by atoms with E-state index < -0.39 is 15.8 Å². The maximum Gasteiger partial charge on any atom is 0.273 e. The first-order valence-corrected chi connectivity index (χ1v) is 11.8. The Morgan fingerprint density at radius 3 is 2.37 bits per heavy atom. The molecule has 0 atom stereocenters. The summed E-state index contributed by atoms with van der Waals surface area (Å²) in [7, 11) is -3.65. The number of piperazine rings is 1. The molecule has 1 aromatic heterocycles. The van der Waals surface area contributed by atoms with Crippen molar-refractivity contribution in [1.82, 2.24) is 14.2 Å². The molecule has 1 saturated heterocycles. The fraction of sp³-hybridized carbons (Fsp3) is 0.200. The van der Waals surface area contributed by atoms with Gasteiger partial charge in [0.25, 0.3) is 5.91 Å². The molecule has 1 aliphatic rings. The summed E-state index contributed by atoms with van der Waals surface area (Å²) in [5, 5.41) is 2.49. The normalized spacial score (nSPS) is 15.3. The maximum atomic E-state index is 14.0. The van der Waals surface area contributed by atoms with Gasteiger partial charge in [0.2, 0.25) is 10.0 Å². The van der Waals surface area contributed by atoms with Gasteiger partial charge in [-0.25, -0.2) is 17.8 Å². The van der Waals surface area contributed by atoms with Crippen LogP contribution in [-0.4, -0.2) is 54.7 Å². The molecule has 0 bridgehead atoms. The highest BCUT2D eigenvalue weighted by atomic mass is 35.5. The summed E-state index contributed by atoms with van der Waals surface area (Å²) < 4.78 is 40.9. The van der Waals surface area contributed by atoms with Crippen LogP contribution in [0.3, 0.4) is 0 Å². The second-order valence-electron chi connectivity index (χ2n) is 6.67. The van der Waals surface area contributed by atoms with Gasteiger partial charge in [-0.2, -0.15) is 4.31 Å². The van der Waals surface area contributed by atoms with E-state index in [1.54, 1.807) is 28.5 Å². The summed E-state index contributed by atoms with van der Waals surface area (Å²) in [5.74, 6) is -0.691. The molecule has 0 unspecified atom stereocenters. The third kappa shape index (κ3) is 4.11. The van der Waals surface area contributed by atoms with Crippen LogP contribution in [0, 0.1) is 5.82 Å². The van der Waals surface area contributed by atoms with E-state index in [-0.39, 0.29) is 42.7 Å². The van der Waals surface area contributed by atoms with E-state index in [4.69, 9.17) is 11.6 Å². The zero-order chi connectivity index (χ0) is 21.3. The van der Waals surface area contributed by atoms with E-state index in [1.807, 2.05) is 0 Å². The van der Waals surface area contributed by atoms with Gasteiger partial charge >= 0.3 is 0 Å². The molecule has 0 radical (unpaired) electrons. The van der Waals surface area contributed by atoms with Gasteiger partial charge in [0.05, 0.1) is 4.90 Å². The number of sulfonamides is 1. The summed E-state index contributed by atoms with van der Waals surface area (Å²) in [5.41, 5.74) is 0.577. The molecule has 0 aliphatic carbocycles. The summed E-state index contributed by atoms with van der Waals surface area (Å²) in [6.07, 6.45) is 0. The highest BCUT2D eigenvalue weighted by Gasteiger charge is 2.31. The van der Waals surface area contributed by atoms with Gasteiger partial charge < -0.3 is 4.90 Å². The SMILES string of the molecule is O=C(c1csc(-c2ccccc2F)n1)N1CCN(S(=O)(=O)c2ccc(Cl)cc2)CC1. The number of carbonyl (C=O) groups is 1. The first-order valence-electron chi connectivity index (χ1n) is 9.12. The van der Waals surface area contributed by atoms with Gasteiger partial charge in [-0.05, 0) is 36.4 Å². The topological polar surface area (TPSA) is 70.6 Å². The van der Waals surface area contributed by atoms with Crippen LogP contribution in [0.25, 0.3) is 10.6 Å². The van der Waals surface area contributed by atoms with Gasteiger partial charge in [0.1, 0.15) is 16.5 Å². The Balaban J connectivity index is 1.44. The fourth-order valence-corrected chi connectivity index (χ4v) is 5.55. The number of aromatic nitrogens is 1. The zero-order valence-corrected chi connectivity index (χ0v) is 18.1. The molecular formula is C20H17ClFN3O3S2. The number of amides is 1. The van der Waals surface area contributed by atoms with Gasteiger partial charge in [0.15, 0.2) is 0 Å². The average Bonchev–Trinajstić information content (AvgIpc) is 3.24. The molecule has 2 aromatic carbocycles. The van der Waals surface area contributed by atoms with Crippen LogP contribution >= 0.6 is 22.9 Å². The predicted molar refractivity (Wildman–Crippen MR) is 114 cm³/mol. The molecule has 0 saturated carbocycles. The second-order valence-corrected chi connectivity index (χ2v) is 9.90. The number of thiazole rings is 1. The molecule has 30 heavy (non-hydrogen) atoms. The maximum absolute atomic E-state index is 14.0. The van der Waals surface area contributed by atoms with Crippen LogP contribution in [0.4, 0.5) is 4.39 Å². The molecule has 10 heteroatoms. The van der Waals surface area contributed by atoms with E-state index in [0.717, 1.165) is 0 Å². The van der Waals surface area contributed by atoms with E-state index in [0.29, 0.717) is 15.6 Å². The second kappa shape index (κ2) is 8.43. The van der Waals surface area contributed by atoms with Gasteiger partial charge in [-0.3, -0.25) is 4.79 Å². The highest BCUT2D eigenvalue weighted by molar-refractivity contribution is 7.89. The van der Waals surface area contributed by atoms with E-state index >= 15 is 0 Å². The number of rotatable bonds is 4. The first-order chi connectivity index (χ1) is 14.4. The van der Waals surface area contributed by atoms with Crippen LogP contribution in [0.5, 0.6) is 0 Å². The molecule has 0 N–H and O–H groups in total. The lowest BCUT2D eigenvalue weighted by molar-refractivity contribution is 0.0693. The highest BCUT2D eigenvalue weighted by Crippen LogP contribution is 2.27. The Hall–Kier alpha value is -2.33. The van der Waals surface area contributed by atoms with Crippen molar-refractivity contribution in [1.29, 1.82) is 0 Å². The number of carbonyl (C=O) groups excluding carboxylic acids is 1. The van der Waals surface area contributed by atoms with Crippen LogP contribution in [0.15, 0.2) is 58.8 Å². The van der Waals surface area contributed by atoms with Crippen molar-refractivity contribution in [2.24, 2.45) is 0 Å². The first kappa shape index (κ1) is 20.9. The number of hydrogen-bond donors (Lipinski definition) is 0. The minimum Gasteiger partial charge on any atom is -0.335 e. The smallest absolute Gasteiger partial charge is 0.273 e. The van der Waals surface area contributed by atoms with E-state index in [2.05, 4.69) is 4.98 Å². The molecule has 3 aromatic rings. The molecule has 6 nitrogen and oxygen atoms in total. The Morgan fingerprint density at radius 1 is 1.03 bits per heavy atom. The number of hydrogen-bond acceptors (Lipinski definition) is 5. The van der Waals surface area contributed by atoms with Crippen LogP contribution in [0.1, 0.15) is 10.5 Å². The van der Waals surface area contributed by atoms with Crippen molar-refractivity contribution in [3.05, 3.63) is 70.4 Å². The third-order valence-corrected chi connectivity index (χ3v) is 7.85. The molecule has 1 aliphatic heterocycles. The zero-order valence-electron chi connectivity index (χ0n) is 15.7. The average molecular weight is 466 g/mol. The number of benzene rings is 2. The fourth-order valence-electron chi connectivity index (χ4n) is 3.18. The van der Waals surface area contributed by atoms with Crippen LogP contribution in [0.2, 0.25) is 5.02 Å². The van der Waals surface area contributed by atoms with Crippen molar-refractivity contribution in [2.75, 3.05) is 26.2 Å². The third-order valence-electron chi connectivity index (χ3n) is 4.80.